The lowest BCUT2D eigenvalue weighted by Gasteiger charge is -2.15. The molecule has 0 aliphatic carbocycles. The van der Waals surface area contributed by atoms with E-state index in [0.29, 0.717) is 16.6 Å². The number of carbonyl (C=O) groups is 1. The van der Waals surface area contributed by atoms with E-state index >= 15 is 0 Å². The quantitative estimate of drug-likeness (QED) is 0.220. The van der Waals surface area contributed by atoms with Gasteiger partial charge in [0.15, 0.2) is 5.17 Å². The van der Waals surface area contributed by atoms with Crippen molar-refractivity contribution in [1.29, 1.82) is 0 Å². The molecule has 0 radical (unpaired) electrons. The Balaban J connectivity index is 1.42. The van der Waals surface area contributed by atoms with Crippen LogP contribution in [0.15, 0.2) is 125 Å². The number of hydrogen-bond donors (Lipinski definition) is 0. The van der Waals surface area contributed by atoms with E-state index in [1.807, 2.05) is 97.1 Å². The van der Waals surface area contributed by atoms with E-state index in [9.17, 15) is 4.79 Å². The molecule has 2 heterocycles. The lowest BCUT2D eigenvalue weighted by atomic mass is 10.1. The zero-order valence-corrected chi connectivity index (χ0v) is 21.4. The molecule has 1 aliphatic rings. The van der Waals surface area contributed by atoms with Crippen LogP contribution in [-0.2, 0) is 11.3 Å². The molecule has 1 amide bonds. The van der Waals surface area contributed by atoms with Crippen LogP contribution >= 0.6 is 23.4 Å². The van der Waals surface area contributed by atoms with Crippen molar-refractivity contribution in [3.63, 3.8) is 0 Å². The average Bonchev–Trinajstić information content (AvgIpc) is 3.42. The molecule has 1 aromatic heterocycles. The normalized spacial score (nSPS) is 15.8. The first-order valence-corrected chi connectivity index (χ1v) is 13.1. The zero-order chi connectivity index (χ0) is 25.2. The van der Waals surface area contributed by atoms with E-state index in [1.54, 1.807) is 4.90 Å². The van der Waals surface area contributed by atoms with Crippen LogP contribution in [0.1, 0.15) is 11.1 Å². The third-order valence-corrected chi connectivity index (χ3v) is 7.35. The number of thioether (sulfide) groups is 1. The van der Waals surface area contributed by atoms with Gasteiger partial charge in [-0.05, 0) is 65.9 Å². The summed E-state index contributed by atoms with van der Waals surface area (Å²) >= 11 is 7.62. The number of para-hydroxylation sites is 3. The van der Waals surface area contributed by atoms with Gasteiger partial charge in [0, 0.05) is 34.2 Å². The van der Waals surface area contributed by atoms with Crippen molar-refractivity contribution < 1.29 is 4.79 Å². The van der Waals surface area contributed by atoms with Crippen LogP contribution in [0.4, 0.5) is 11.4 Å². The van der Waals surface area contributed by atoms with Crippen molar-refractivity contribution in [2.24, 2.45) is 4.99 Å². The van der Waals surface area contributed by atoms with Crippen LogP contribution in [0, 0.1) is 0 Å². The number of anilines is 1. The minimum Gasteiger partial charge on any atom is -0.342 e. The second-order valence-corrected chi connectivity index (χ2v) is 10.1. The number of rotatable bonds is 5. The molecule has 0 unspecified atom stereocenters. The van der Waals surface area contributed by atoms with E-state index in [4.69, 9.17) is 16.6 Å². The van der Waals surface area contributed by atoms with Gasteiger partial charge in [-0.15, -0.1) is 0 Å². The number of halogens is 1. The molecule has 0 N–H and O–H groups in total. The van der Waals surface area contributed by atoms with E-state index in [1.165, 1.54) is 11.8 Å². The number of aliphatic imine (C=N–C) groups is 1. The molecule has 5 aromatic rings. The Kier molecular flexibility index (Phi) is 6.39. The summed E-state index contributed by atoms with van der Waals surface area (Å²) < 4.78 is 2.20. The molecule has 1 fully saturated rings. The Labute approximate surface area is 224 Å². The molecular formula is C31H22ClN3OS. The topological polar surface area (TPSA) is 37.6 Å². The minimum absolute atomic E-state index is 0.0856. The number of amides is 1. The second kappa shape index (κ2) is 10.1. The number of benzene rings is 4. The van der Waals surface area contributed by atoms with Crippen LogP contribution in [0.2, 0.25) is 5.02 Å². The lowest BCUT2D eigenvalue weighted by molar-refractivity contribution is -0.113. The lowest BCUT2D eigenvalue weighted by Crippen LogP contribution is -2.28. The summed E-state index contributed by atoms with van der Waals surface area (Å²) in [5.74, 6) is -0.0856. The fourth-order valence-electron chi connectivity index (χ4n) is 4.46. The molecule has 37 heavy (non-hydrogen) atoms. The Morgan fingerprint density at radius 1 is 0.838 bits per heavy atom. The molecule has 4 nitrogen and oxygen atoms in total. The highest BCUT2D eigenvalue weighted by molar-refractivity contribution is 8.19. The Morgan fingerprint density at radius 2 is 1.57 bits per heavy atom. The van der Waals surface area contributed by atoms with Crippen molar-refractivity contribution in [3.05, 3.63) is 136 Å². The highest BCUT2D eigenvalue weighted by Gasteiger charge is 2.35. The molecule has 4 aromatic carbocycles. The number of carbonyl (C=O) groups excluding carboxylic acids is 1. The van der Waals surface area contributed by atoms with Crippen LogP contribution < -0.4 is 4.90 Å². The number of hydrogen-bond acceptors (Lipinski definition) is 3. The molecule has 6 rings (SSSR count). The van der Waals surface area contributed by atoms with Gasteiger partial charge < -0.3 is 4.57 Å². The van der Waals surface area contributed by atoms with Gasteiger partial charge in [0.05, 0.1) is 16.3 Å². The molecule has 0 spiro atoms. The number of amidine groups is 1. The highest BCUT2D eigenvalue weighted by atomic mass is 35.5. The van der Waals surface area contributed by atoms with Gasteiger partial charge in [-0.1, -0.05) is 78.3 Å². The molecule has 0 bridgehead atoms. The third-order valence-electron chi connectivity index (χ3n) is 6.15. The summed E-state index contributed by atoms with van der Waals surface area (Å²) in [4.78, 5) is 20.9. The van der Waals surface area contributed by atoms with E-state index in [2.05, 4.69) is 29.0 Å². The van der Waals surface area contributed by atoms with Crippen molar-refractivity contribution >= 4 is 62.8 Å². The fourth-order valence-corrected chi connectivity index (χ4v) is 5.67. The first-order chi connectivity index (χ1) is 18.2. The van der Waals surface area contributed by atoms with Crippen LogP contribution in [0.5, 0.6) is 0 Å². The van der Waals surface area contributed by atoms with Gasteiger partial charge in [-0.25, -0.2) is 4.99 Å². The van der Waals surface area contributed by atoms with Gasteiger partial charge in [-0.2, -0.15) is 0 Å². The second-order valence-electron chi connectivity index (χ2n) is 8.68. The Hall–Kier alpha value is -4.06. The molecule has 0 saturated carbocycles. The largest absolute Gasteiger partial charge is 0.342 e. The zero-order valence-electron chi connectivity index (χ0n) is 19.8. The molecule has 1 aliphatic heterocycles. The van der Waals surface area contributed by atoms with Gasteiger partial charge in [0.2, 0.25) is 0 Å². The van der Waals surface area contributed by atoms with E-state index in [0.717, 1.165) is 38.4 Å². The minimum atomic E-state index is -0.0856. The predicted molar refractivity (Wildman–Crippen MR) is 156 cm³/mol. The van der Waals surface area contributed by atoms with Crippen molar-refractivity contribution in [2.75, 3.05) is 4.90 Å². The van der Waals surface area contributed by atoms with Crippen molar-refractivity contribution in [2.45, 2.75) is 6.54 Å². The number of aromatic nitrogens is 1. The maximum absolute atomic E-state index is 13.7. The first kappa shape index (κ1) is 23.3. The summed E-state index contributed by atoms with van der Waals surface area (Å²) in [5, 5.41) is 2.44. The van der Waals surface area contributed by atoms with Crippen molar-refractivity contribution in [1.82, 2.24) is 4.57 Å². The smallest absolute Gasteiger partial charge is 0.271 e. The van der Waals surface area contributed by atoms with Crippen molar-refractivity contribution in [3.8, 4) is 0 Å². The van der Waals surface area contributed by atoms with E-state index in [-0.39, 0.29) is 5.91 Å². The Bertz CT molecular complexity index is 1660. The number of fused-ring (bicyclic) bond motifs is 1. The monoisotopic (exact) mass is 519 g/mol. The van der Waals surface area contributed by atoms with Gasteiger partial charge in [0.25, 0.3) is 5.91 Å². The van der Waals surface area contributed by atoms with E-state index < -0.39 is 0 Å². The maximum atomic E-state index is 13.7. The summed E-state index contributed by atoms with van der Waals surface area (Å²) in [5.41, 5.74) is 4.80. The van der Waals surface area contributed by atoms with Gasteiger partial charge in [0.1, 0.15) is 0 Å². The summed E-state index contributed by atoms with van der Waals surface area (Å²) in [6.45, 7) is 0.683. The summed E-state index contributed by atoms with van der Waals surface area (Å²) in [7, 11) is 0. The standard InChI is InChI=1S/C31H22ClN3OS/c32-24-11-9-10-22(18-24)20-34-21-23(27-16-7-8-17-28(27)34)19-29-30(36)35(26-14-5-2-6-15-26)31(37-29)33-25-12-3-1-4-13-25/h1-19,21H,20H2/b29-19-,33-31?. The highest BCUT2D eigenvalue weighted by Crippen LogP contribution is 2.38. The summed E-state index contributed by atoms with van der Waals surface area (Å²) in [6.07, 6.45) is 4.08. The summed E-state index contributed by atoms with van der Waals surface area (Å²) in [6, 6.07) is 35.5. The third kappa shape index (κ3) is 4.84. The van der Waals surface area contributed by atoms with Crippen LogP contribution in [0.25, 0.3) is 17.0 Å². The SMILES string of the molecule is O=C1/C(=C/c2cn(Cc3cccc(Cl)c3)c3ccccc23)SC(=Nc2ccccc2)N1c1ccccc1. The molecule has 1 saturated heterocycles. The van der Waals surface area contributed by atoms with Gasteiger partial charge >= 0.3 is 0 Å². The average molecular weight is 520 g/mol. The number of nitrogens with zero attached hydrogens (tertiary/aromatic N) is 3. The maximum Gasteiger partial charge on any atom is 0.271 e. The fraction of sp³-hybridized carbons (Fsp3) is 0.0323. The molecule has 6 heteroatoms. The van der Waals surface area contributed by atoms with Crippen LogP contribution in [-0.4, -0.2) is 15.6 Å². The van der Waals surface area contributed by atoms with Gasteiger partial charge in [-0.3, -0.25) is 9.69 Å². The molecule has 180 valence electrons. The molecule has 0 atom stereocenters. The van der Waals surface area contributed by atoms with Crippen LogP contribution in [0.3, 0.4) is 0 Å². The first-order valence-electron chi connectivity index (χ1n) is 11.9. The molecular weight excluding hydrogens is 498 g/mol. The predicted octanol–water partition coefficient (Wildman–Crippen LogP) is 8.15. The Morgan fingerprint density at radius 3 is 2.35 bits per heavy atom.